The monoisotopic (exact) mass is 426 g/mol. The molecule has 0 spiro atoms. The van der Waals surface area contributed by atoms with Crippen molar-refractivity contribution >= 4 is 17.3 Å². The quantitative estimate of drug-likeness (QED) is 0.366. The number of aromatic carboxylic acids is 1. The molecule has 4 aromatic rings. The van der Waals surface area contributed by atoms with Crippen LogP contribution in [-0.2, 0) is 0 Å². The summed E-state index contributed by atoms with van der Waals surface area (Å²) in [6, 6.07) is 23.7. The van der Waals surface area contributed by atoms with Gasteiger partial charge in [-0.2, -0.15) is 11.3 Å². The fourth-order valence-corrected chi connectivity index (χ4v) is 3.57. The lowest BCUT2D eigenvalue weighted by molar-refractivity contribution is 0.0696. The van der Waals surface area contributed by atoms with E-state index in [2.05, 4.69) is 40.8 Å². The first kappa shape index (κ1) is 20.3. The third-order valence-corrected chi connectivity index (χ3v) is 5.11. The normalized spacial score (nSPS) is 10.1. The molecule has 0 aliphatic rings. The maximum atomic E-state index is 11.1. The summed E-state index contributed by atoms with van der Waals surface area (Å²) in [5.74, 6) is 6.56. The molecule has 0 amide bonds. The lowest BCUT2D eigenvalue weighted by atomic mass is 10.1. The van der Waals surface area contributed by atoms with Crippen LogP contribution >= 0.6 is 11.3 Å². The molecule has 1 aromatic heterocycles. The second kappa shape index (κ2) is 9.66. The van der Waals surface area contributed by atoms with E-state index in [1.54, 1.807) is 35.6 Å². The van der Waals surface area contributed by atoms with E-state index in [-0.39, 0.29) is 12.2 Å². The second-order valence-electron chi connectivity index (χ2n) is 6.56. The van der Waals surface area contributed by atoms with Gasteiger partial charge in [0.2, 0.25) is 0 Å². The van der Waals surface area contributed by atoms with Gasteiger partial charge in [-0.3, -0.25) is 0 Å². The van der Waals surface area contributed by atoms with Crippen molar-refractivity contribution in [2.75, 3.05) is 6.61 Å². The Bertz CT molecular complexity index is 1230. The van der Waals surface area contributed by atoms with Crippen LogP contribution in [0.4, 0.5) is 0 Å². The lowest BCUT2D eigenvalue weighted by Crippen LogP contribution is -1.98. The molecule has 0 atom stereocenters. The average molecular weight is 426 g/mol. The molecule has 3 aromatic carbocycles. The van der Waals surface area contributed by atoms with Gasteiger partial charge >= 0.3 is 5.97 Å². The number of carboxylic acid groups (broad SMARTS) is 1. The predicted octanol–water partition coefficient (Wildman–Crippen LogP) is 6.34. The van der Waals surface area contributed by atoms with Gasteiger partial charge in [0, 0.05) is 5.56 Å². The topological polar surface area (TPSA) is 55.8 Å². The number of hydrogen-bond donors (Lipinski definition) is 1. The van der Waals surface area contributed by atoms with Crippen LogP contribution in [0.15, 0.2) is 89.6 Å². The van der Waals surface area contributed by atoms with E-state index in [1.807, 2.05) is 24.3 Å². The van der Waals surface area contributed by atoms with Crippen molar-refractivity contribution in [1.82, 2.24) is 0 Å². The Morgan fingerprint density at radius 1 is 0.903 bits per heavy atom. The molecule has 1 N–H and O–H groups in total. The van der Waals surface area contributed by atoms with E-state index >= 15 is 0 Å². The Balaban J connectivity index is 1.40. The Labute approximate surface area is 184 Å². The largest absolute Gasteiger partial charge is 0.478 e. The lowest BCUT2D eigenvalue weighted by Gasteiger charge is -2.11. The zero-order valence-electron chi connectivity index (χ0n) is 16.4. The number of benzene rings is 3. The molecule has 0 aliphatic carbocycles. The Morgan fingerprint density at radius 2 is 1.71 bits per heavy atom. The van der Waals surface area contributed by atoms with Crippen molar-refractivity contribution < 1.29 is 19.4 Å². The smallest absolute Gasteiger partial charge is 0.335 e. The second-order valence-corrected chi connectivity index (χ2v) is 7.34. The first-order chi connectivity index (χ1) is 15.2. The molecule has 152 valence electrons. The van der Waals surface area contributed by atoms with Crippen molar-refractivity contribution in [2.24, 2.45) is 0 Å². The summed E-state index contributed by atoms with van der Waals surface area (Å²) in [6.07, 6.45) is 0. The van der Waals surface area contributed by atoms with Crippen molar-refractivity contribution in [3.63, 3.8) is 0 Å². The van der Waals surface area contributed by atoms with E-state index in [1.165, 1.54) is 23.3 Å². The third-order valence-electron chi connectivity index (χ3n) is 4.43. The molecule has 0 radical (unpaired) electrons. The molecule has 31 heavy (non-hydrogen) atoms. The van der Waals surface area contributed by atoms with Gasteiger partial charge in [-0.25, -0.2) is 4.79 Å². The van der Waals surface area contributed by atoms with E-state index in [0.29, 0.717) is 17.2 Å². The van der Waals surface area contributed by atoms with Gasteiger partial charge < -0.3 is 14.6 Å². The van der Waals surface area contributed by atoms with Crippen molar-refractivity contribution in [3.8, 4) is 40.2 Å². The molecule has 4 nitrogen and oxygen atoms in total. The summed E-state index contributed by atoms with van der Waals surface area (Å²) in [6.45, 7) is 0.196. The van der Waals surface area contributed by atoms with Crippen LogP contribution in [0.1, 0.15) is 15.9 Å². The number of carbonyl (C=O) groups is 1. The van der Waals surface area contributed by atoms with Gasteiger partial charge in [0.1, 0.15) is 12.4 Å². The zero-order chi connectivity index (χ0) is 21.5. The predicted molar refractivity (Wildman–Crippen MR) is 122 cm³/mol. The van der Waals surface area contributed by atoms with Gasteiger partial charge in [0.25, 0.3) is 0 Å². The van der Waals surface area contributed by atoms with Gasteiger partial charge in [0.15, 0.2) is 11.5 Å². The summed E-state index contributed by atoms with van der Waals surface area (Å²) in [4.78, 5) is 11.1. The highest BCUT2D eigenvalue weighted by Crippen LogP contribution is 2.31. The number of hydrogen-bond acceptors (Lipinski definition) is 4. The number of thiophene rings is 1. The standard InChI is InChI=1S/C26H18O4S/c27-26(28)21-6-3-7-23(17-21)30-25-9-2-1-8-24(25)29-15-4-5-19-10-12-20(13-11-19)22-14-16-31-18-22/h1-3,6-14,16-18H,15H2,(H,27,28). The van der Waals surface area contributed by atoms with Gasteiger partial charge in [0.05, 0.1) is 5.56 Å². The molecule has 0 saturated heterocycles. The number of rotatable bonds is 6. The molecule has 0 aliphatic heterocycles. The molecule has 1 heterocycles. The van der Waals surface area contributed by atoms with Crippen LogP contribution < -0.4 is 9.47 Å². The average Bonchev–Trinajstić information content (AvgIpc) is 3.33. The highest BCUT2D eigenvalue weighted by Gasteiger charge is 2.08. The SMILES string of the molecule is O=C(O)c1cccc(Oc2ccccc2OCC#Cc2ccc(-c3ccsc3)cc2)c1. The summed E-state index contributed by atoms with van der Waals surface area (Å²) < 4.78 is 11.6. The molecular weight excluding hydrogens is 408 g/mol. The van der Waals surface area contributed by atoms with Crippen molar-refractivity contribution in [1.29, 1.82) is 0 Å². The van der Waals surface area contributed by atoms with E-state index in [4.69, 9.17) is 14.6 Å². The minimum atomic E-state index is -1.01. The number of carboxylic acids is 1. The summed E-state index contributed by atoms with van der Waals surface area (Å²) in [5.41, 5.74) is 3.45. The van der Waals surface area contributed by atoms with Crippen molar-refractivity contribution in [3.05, 3.63) is 101 Å². The minimum Gasteiger partial charge on any atom is -0.478 e. The van der Waals surface area contributed by atoms with E-state index < -0.39 is 5.97 Å². The Kier molecular flexibility index (Phi) is 6.32. The first-order valence-electron chi connectivity index (χ1n) is 9.53. The molecule has 0 saturated carbocycles. The zero-order valence-corrected chi connectivity index (χ0v) is 17.3. The van der Waals surface area contributed by atoms with Crippen LogP contribution in [0.2, 0.25) is 0 Å². The molecule has 0 fully saturated rings. The number of ether oxygens (including phenoxy) is 2. The maximum absolute atomic E-state index is 11.1. The highest BCUT2D eigenvalue weighted by atomic mass is 32.1. The summed E-state index contributed by atoms with van der Waals surface area (Å²) in [5, 5.41) is 13.3. The molecule has 5 heteroatoms. The van der Waals surface area contributed by atoms with Crippen LogP contribution in [-0.4, -0.2) is 17.7 Å². The fourth-order valence-electron chi connectivity index (χ4n) is 2.90. The third kappa shape index (κ3) is 5.33. The van der Waals surface area contributed by atoms with Crippen LogP contribution in [0.25, 0.3) is 11.1 Å². The minimum absolute atomic E-state index is 0.159. The van der Waals surface area contributed by atoms with Crippen LogP contribution in [0.3, 0.4) is 0 Å². The van der Waals surface area contributed by atoms with E-state index in [9.17, 15) is 4.79 Å². The van der Waals surface area contributed by atoms with Gasteiger partial charge in [-0.1, -0.05) is 42.2 Å². The molecular formula is C26H18O4S. The first-order valence-corrected chi connectivity index (χ1v) is 10.5. The Hall–Kier alpha value is -4.01. The van der Waals surface area contributed by atoms with Gasteiger partial charge in [-0.15, -0.1) is 0 Å². The summed E-state index contributed by atoms with van der Waals surface area (Å²) >= 11 is 1.68. The van der Waals surface area contributed by atoms with Crippen LogP contribution in [0.5, 0.6) is 17.2 Å². The Morgan fingerprint density at radius 3 is 2.45 bits per heavy atom. The van der Waals surface area contributed by atoms with E-state index in [0.717, 1.165) is 5.56 Å². The highest BCUT2D eigenvalue weighted by molar-refractivity contribution is 7.08. The number of para-hydroxylation sites is 2. The van der Waals surface area contributed by atoms with Crippen LogP contribution in [0, 0.1) is 11.8 Å². The fraction of sp³-hybridized carbons (Fsp3) is 0.0385. The van der Waals surface area contributed by atoms with Gasteiger partial charge in [-0.05, 0) is 70.4 Å². The summed E-state index contributed by atoms with van der Waals surface area (Å²) in [7, 11) is 0. The maximum Gasteiger partial charge on any atom is 0.335 e. The molecule has 0 bridgehead atoms. The molecule has 4 rings (SSSR count). The van der Waals surface area contributed by atoms with Crippen molar-refractivity contribution in [2.45, 2.75) is 0 Å². The molecule has 0 unspecified atom stereocenters.